The van der Waals surface area contributed by atoms with E-state index in [1.807, 2.05) is 10.4 Å². The number of aromatic carboxylic acids is 1. The lowest BCUT2D eigenvalue weighted by Gasteiger charge is -2.38. The van der Waals surface area contributed by atoms with Gasteiger partial charge in [-0.25, -0.2) is 14.2 Å². The number of aromatic nitrogens is 2. The van der Waals surface area contributed by atoms with Crippen molar-refractivity contribution in [3.8, 4) is 0 Å². The molecule has 0 radical (unpaired) electrons. The highest BCUT2D eigenvalue weighted by Gasteiger charge is 2.38. The highest BCUT2D eigenvalue weighted by Crippen LogP contribution is 2.38. The van der Waals surface area contributed by atoms with Crippen LogP contribution in [0.3, 0.4) is 0 Å². The van der Waals surface area contributed by atoms with Gasteiger partial charge in [0.25, 0.3) is 0 Å². The predicted octanol–water partition coefficient (Wildman–Crippen LogP) is 3.73. The molecule has 6 heteroatoms. The first-order valence-corrected chi connectivity index (χ1v) is 9.41. The molecular weight excluding hydrogens is 275 g/mol. The largest absolute Gasteiger partial charge is 0.478 e. The van der Waals surface area contributed by atoms with E-state index in [0.29, 0.717) is 11.0 Å². The smallest absolute Gasteiger partial charge is 0.339 e. The first kappa shape index (κ1) is 14.7. The summed E-state index contributed by atoms with van der Waals surface area (Å²) in [5.74, 6) is -2.05. The fraction of sp³-hybridized carbons (Fsp3) is 0.429. The number of carbonyl (C=O) groups is 1. The van der Waals surface area contributed by atoms with Gasteiger partial charge in [0.1, 0.15) is 11.2 Å². The Balaban J connectivity index is 2.78. The Kier molecular flexibility index (Phi) is 3.24. The monoisotopic (exact) mass is 294 g/mol. The first-order chi connectivity index (χ1) is 9.07. The first-order valence-electron chi connectivity index (χ1n) is 6.46. The maximum absolute atomic E-state index is 13.7. The van der Waals surface area contributed by atoms with Crippen LogP contribution in [0.2, 0.25) is 18.1 Å². The van der Waals surface area contributed by atoms with Crippen LogP contribution in [-0.2, 0) is 0 Å². The third-order valence-corrected chi connectivity index (χ3v) is 9.56. The van der Waals surface area contributed by atoms with Gasteiger partial charge in [0, 0.05) is 5.39 Å². The van der Waals surface area contributed by atoms with E-state index in [-0.39, 0.29) is 10.6 Å². The summed E-state index contributed by atoms with van der Waals surface area (Å²) in [6.45, 7) is 10.9. The summed E-state index contributed by atoms with van der Waals surface area (Å²) in [5.41, 5.74) is 0.253. The molecule has 108 valence electrons. The quantitative estimate of drug-likeness (QED) is 0.859. The average Bonchev–Trinajstić information content (AvgIpc) is 2.70. The Morgan fingerprint density at radius 3 is 2.50 bits per heavy atom. The Morgan fingerprint density at radius 1 is 1.40 bits per heavy atom. The summed E-state index contributed by atoms with van der Waals surface area (Å²) in [6, 6.07) is 1.65. The topological polar surface area (TPSA) is 55.1 Å². The molecule has 2 aromatic heterocycles. The SMILES string of the molecule is CC(C)(C)[Si](C)(C)n1ccc2c(C(=O)O)c(F)cnc21. The van der Waals surface area contributed by atoms with Crippen LogP contribution in [-0.4, -0.2) is 28.5 Å². The molecule has 0 bridgehead atoms. The highest BCUT2D eigenvalue weighted by molar-refractivity contribution is 6.79. The maximum atomic E-state index is 13.7. The van der Waals surface area contributed by atoms with E-state index in [1.165, 1.54) is 0 Å². The van der Waals surface area contributed by atoms with Crippen molar-refractivity contribution >= 4 is 25.2 Å². The lowest BCUT2D eigenvalue weighted by Crippen LogP contribution is -2.45. The molecule has 0 spiro atoms. The molecule has 0 aliphatic heterocycles. The minimum absolute atomic E-state index is 0.0679. The van der Waals surface area contributed by atoms with E-state index >= 15 is 0 Å². The van der Waals surface area contributed by atoms with Crippen LogP contribution in [0.4, 0.5) is 4.39 Å². The zero-order valence-electron chi connectivity index (χ0n) is 12.4. The zero-order valence-corrected chi connectivity index (χ0v) is 13.4. The van der Waals surface area contributed by atoms with Crippen LogP contribution < -0.4 is 0 Å². The van der Waals surface area contributed by atoms with Crippen LogP contribution in [0, 0.1) is 5.82 Å². The predicted molar refractivity (Wildman–Crippen MR) is 79.2 cm³/mol. The van der Waals surface area contributed by atoms with Gasteiger partial charge in [-0.05, 0) is 17.3 Å². The van der Waals surface area contributed by atoms with Crippen molar-refractivity contribution in [3.63, 3.8) is 0 Å². The summed E-state index contributed by atoms with van der Waals surface area (Å²) in [6.07, 6.45) is 2.83. The van der Waals surface area contributed by atoms with Crippen molar-refractivity contribution in [1.29, 1.82) is 0 Å². The summed E-state index contributed by atoms with van der Waals surface area (Å²) >= 11 is 0. The molecule has 2 aromatic rings. The standard InChI is InChI=1S/C14H19FN2O2Si/c1-14(2,3)20(4,5)17-7-6-9-11(13(18)19)10(15)8-16-12(9)17/h6-8H,1-5H3,(H,18,19). The van der Waals surface area contributed by atoms with Crippen molar-refractivity contribution in [2.24, 2.45) is 0 Å². The van der Waals surface area contributed by atoms with Gasteiger partial charge in [0.15, 0.2) is 14.1 Å². The van der Waals surface area contributed by atoms with Crippen molar-refractivity contribution in [2.45, 2.75) is 38.9 Å². The van der Waals surface area contributed by atoms with Gasteiger partial charge in [-0.3, -0.25) is 0 Å². The minimum atomic E-state index is -1.93. The normalized spacial score (nSPS) is 12.9. The molecule has 0 saturated heterocycles. The van der Waals surface area contributed by atoms with Crippen molar-refractivity contribution in [1.82, 2.24) is 9.22 Å². The molecule has 0 unspecified atom stereocenters. The van der Waals surface area contributed by atoms with Crippen LogP contribution in [0.25, 0.3) is 11.0 Å². The van der Waals surface area contributed by atoms with Crippen LogP contribution in [0.15, 0.2) is 18.5 Å². The second-order valence-corrected chi connectivity index (χ2v) is 11.6. The molecule has 0 aliphatic rings. The zero-order chi connectivity index (χ0) is 15.3. The summed E-state index contributed by atoms with van der Waals surface area (Å²) in [5, 5.41) is 9.60. The molecule has 1 N–H and O–H groups in total. The molecule has 4 nitrogen and oxygen atoms in total. The number of nitrogens with zero attached hydrogens (tertiary/aromatic N) is 2. The third kappa shape index (κ3) is 2.04. The number of pyridine rings is 1. The van der Waals surface area contributed by atoms with E-state index in [4.69, 9.17) is 5.11 Å². The summed E-state index contributed by atoms with van der Waals surface area (Å²) in [7, 11) is -1.93. The molecule has 0 atom stereocenters. The van der Waals surface area contributed by atoms with Gasteiger partial charge < -0.3 is 9.34 Å². The molecule has 0 fully saturated rings. The van der Waals surface area contributed by atoms with Gasteiger partial charge in [0.2, 0.25) is 0 Å². The lowest BCUT2D eigenvalue weighted by atomic mass is 10.2. The summed E-state index contributed by atoms with van der Waals surface area (Å²) < 4.78 is 15.7. The van der Waals surface area contributed by atoms with Crippen molar-refractivity contribution in [3.05, 3.63) is 29.8 Å². The molecule has 20 heavy (non-hydrogen) atoms. The van der Waals surface area contributed by atoms with Crippen molar-refractivity contribution < 1.29 is 14.3 Å². The number of hydrogen-bond donors (Lipinski definition) is 1. The number of carboxylic acids is 1. The molecule has 0 amide bonds. The third-order valence-electron chi connectivity index (χ3n) is 4.32. The molecule has 2 heterocycles. The maximum Gasteiger partial charge on any atom is 0.339 e. The van der Waals surface area contributed by atoms with Crippen LogP contribution in [0.5, 0.6) is 0 Å². The van der Waals surface area contributed by atoms with Gasteiger partial charge in [-0.15, -0.1) is 0 Å². The van der Waals surface area contributed by atoms with Crippen LogP contribution in [0.1, 0.15) is 31.1 Å². The Morgan fingerprint density at radius 2 is 2.00 bits per heavy atom. The fourth-order valence-electron chi connectivity index (χ4n) is 2.09. The van der Waals surface area contributed by atoms with Crippen LogP contribution >= 0.6 is 0 Å². The van der Waals surface area contributed by atoms with Gasteiger partial charge in [-0.2, -0.15) is 0 Å². The second kappa shape index (κ2) is 4.41. The van der Waals surface area contributed by atoms with Gasteiger partial charge >= 0.3 is 5.97 Å². The van der Waals surface area contributed by atoms with E-state index in [1.54, 1.807) is 6.07 Å². The number of carboxylic acid groups (broad SMARTS) is 1. The molecule has 0 saturated carbocycles. The Labute approximate surface area is 118 Å². The van der Waals surface area contributed by atoms with Gasteiger partial charge in [-0.1, -0.05) is 33.9 Å². The fourth-order valence-corrected chi connectivity index (χ4v) is 3.97. The Hall–Kier alpha value is -1.69. The number of rotatable bonds is 2. The van der Waals surface area contributed by atoms with E-state index < -0.39 is 20.0 Å². The minimum Gasteiger partial charge on any atom is -0.478 e. The van der Waals surface area contributed by atoms with E-state index in [9.17, 15) is 9.18 Å². The number of fused-ring (bicyclic) bond motifs is 1. The molecule has 0 aliphatic carbocycles. The van der Waals surface area contributed by atoms with E-state index in [0.717, 1.165) is 6.20 Å². The lowest BCUT2D eigenvalue weighted by molar-refractivity contribution is 0.0694. The van der Waals surface area contributed by atoms with Gasteiger partial charge in [0.05, 0.1) is 6.20 Å². The second-order valence-electron chi connectivity index (χ2n) is 6.52. The van der Waals surface area contributed by atoms with E-state index in [2.05, 4.69) is 38.8 Å². The highest BCUT2D eigenvalue weighted by atomic mass is 28.3. The number of hydrogen-bond acceptors (Lipinski definition) is 2. The molecule has 0 aromatic carbocycles. The molecule has 2 rings (SSSR count). The molecular formula is C14H19FN2O2Si. The average molecular weight is 294 g/mol. The summed E-state index contributed by atoms with van der Waals surface area (Å²) in [4.78, 5) is 15.3. The Bertz CT molecular complexity index is 686. The van der Waals surface area contributed by atoms with Crippen molar-refractivity contribution in [2.75, 3.05) is 0 Å². The number of halogens is 1.